The molecule has 1 atom stereocenters. The van der Waals surface area contributed by atoms with Gasteiger partial charge in [-0.25, -0.2) is 0 Å². The van der Waals surface area contributed by atoms with E-state index < -0.39 is 0 Å². The van der Waals surface area contributed by atoms with Crippen LogP contribution in [0, 0.1) is 19.8 Å². The highest BCUT2D eigenvalue weighted by Gasteiger charge is 2.18. The zero-order valence-electron chi connectivity index (χ0n) is 14.1. The van der Waals surface area contributed by atoms with Gasteiger partial charge in [0.1, 0.15) is 0 Å². The predicted octanol–water partition coefficient (Wildman–Crippen LogP) is 3.28. The van der Waals surface area contributed by atoms with Crippen LogP contribution in [0.25, 0.3) is 0 Å². The molecule has 2 aromatic heterocycles. The first-order valence-corrected chi connectivity index (χ1v) is 8.25. The summed E-state index contributed by atoms with van der Waals surface area (Å²) in [6, 6.07) is 6.86. The van der Waals surface area contributed by atoms with Gasteiger partial charge in [-0.3, -0.25) is 9.59 Å². The van der Waals surface area contributed by atoms with E-state index in [-0.39, 0.29) is 17.9 Å². The average molecular weight is 322 g/mol. The second-order valence-corrected chi connectivity index (χ2v) is 6.29. The Labute approximate surface area is 141 Å². The third kappa shape index (κ3) is 3.32. The lowest BCUT2D eigenvalue weighted by atomic mass is 10.0. The molecule has 1 aliphatic carbocycles. The molecule has 4 heteroatoms. The molecule has 3 rings (SSSR count). The van der Waals surface area contributed by atoms with E-state index in [4.69, 9.17) is 0 Å². The molecule has 0 aliphatic heterocycles. The summed E-state index contributed by atoms with van der Waals surface area (Å²) < 4.78 is 3.65. The molecular formula is C20H22N2O2. The first-order valence-electron chi connectivity index (χ1n) is 8.25. The summed E-state index contributed by atoms with van der Waals surface area (Å²) in [6.07, 6.45) is 11.2. The van der Waals surface area contributed by atoms with E-state index in [9.17, 15) is 9.59 Å². The van der Waals surface area contributed by atoms with E-state index >= 15 is 0 Å². The van der Waals surface area contributed by atoms with Gasteiger partial charge >= 0.3 is 0 Å². The van der Waals surface area contributed by atoms with Crippen molar-refractivity contribution in [2.24, 2.45) is 5.92 Å². The number of hydrogen-bond donors (Lipinski definition) is 0. The third-order valence-corrected chi connectivity index (χ3v) is 4.57. The van der Waals surface area contributed by atoms with Crippen LogP contribution in [0.15, 0.2) is 59.6 Å². The number of carbonyl (C=O) groups is 1. The fraction of sp³-hybridized carbons (Fsp3) is 0.300. The minimum absolute atomic E-state index is 0.0262. The number of ketones is 1. The minimum Gasteiger partial charge on any atom is -0.348 e. The van der Waals surface area contributed by atoms with Crippen LogP contribution < -0.4 is 5.56 Å². The van der Waals surface area contributed by atoms with Crippen molar-refractivity contribution < 1.29 is 4.79 Å². The number of carbonyl (C=O) groups excluding carboxylic acids is 1. The van der Waals surface area contributed by atoms with Crippen LogP contribution in [0.4, 0.5) is 0 Å². The van der Waals surface area contributed by atoms with Crippen LogP contribution >= 0.6 is 0 Å². The van der Waals surface area contributed by atoms with Crippen LogP contribution in [-0.4, -0.2) is 14.9 Å². The Morgan fingerprint density at radius 3 is 2.79 bits per heavy atom. The van der Waals surface area contributed by atoms with E-state index in [0.717, 1.165) is 24.4 Å². The number of aromatic nitrogens is 2. The van der Waals surface area contributed by atoms with Gasteiger partial charge in [-0.2, -0.15) is 0 Å². The highest BCUT2D eigenvalue weighted by molar-refractivity contribution is 5.97. The summed E-state index contributed by atoms with van der Waals surface area (Å²) in [7, 11) is 0. The molecule has 0 spiro atoms. The van der Waals surface area contributed by atoms with Gasteiger partial charge in [-0.1, -0.05) is 30.4 Å². The van der Waals surface area contributed by atoms with Gasteiger partial charge in [0.15, 0.2) is 5.78 Å². The standard InChI is InChI=1S/C20H22N2O2/c1-15-12-18(19(23)14-21-11-7-6-10-20(21)24)16(2)22(15)13-17-8-4-3-5-9-17/h3-8,10-12,17H,9,13-14H2,1-2H3. The number of allylic oxidation sites excluding steroid dienone is 4. The van der Waals surface area contributed by atoms with Gasteiger partial charge in [-0.15, -0.1) is 0 Å². The number of aryl methyl sites for hydroxylation is 1. The monoisotopic (exact) mass is 322 g/mol. The normalized spacial score (nSPS) is 16.5. The highest BCUT2D eigenvalue weighted by atomic mass is 16.1. The smallest absolute Gasteiger partial charge is 0.250 e. The highest BCUT2D eigenvalue weighted by Crippen LogP contribution is 2.21. The number of pyridine rings is 1. The van der Waals surface area contributed by atoms with Crippen LogP contribution in [0.5, 0.6) is 0 Å². The second kappa shape index (κ2) is 6.87. The summed E-state index contributed by atoms with van der Waals surface area (Å²) >= 11 is 0. The number of nitrogens with zero attached hydrogens (tertiary/aromatic N) is 2. The zero-order chi connectivity index (χ0) is 17.1. The van der Waals surface area contributed by atoms with E-state index in [1.54, 1.807) is 18.3 Å². The molecule has 0 bridgehead atoms. The molecule has 0 saturated heterocycles. The van der Waals surface area contributed by atoms with Gasteiger partial charge in [0, 0.05) is 35.8 Å². The SMILES string of the molecule is Cc1cc(C(=O)Cn2ccccc2=O)c(C)n1CC1C=CC=CC1. The van der Waals surface area contributed by atoms with Gasteiger partial charge in [-0.05, 0) is 38.3 Å². The fourth-order valence-electron chi connectivity index (χ4n) is 3.20. The second-order valence-electron chi connectivity index (χ2n) is 6.29. The van der Waals surface area contributed by atoms with Gasteiger partial charge in [0.25, 0.3) is 5.56 Å². The Morgan fingerprint density at radius 2 is 2.08 bits per heavy atom. The molecule has 24 heavy (non-hydrogen) atoms. The van der Waals surface area contributed by atoms with Crippen molar-refractivity contribution in [1.29, 1.82) is 0 Å². The molecule has 0 radical (unpaired) electrons. The molecule has 0 aromatic carbocycles. The lowest BCUT2D eigenvalue weighted by Crippen LogP contribution is -2.23. The van der Waals surface area contributed by atoms with Crippen molar-refractivity contribution in [3.05, 3.63) is 82.1 Å². The molecule has 124 valence electrons. The number of rotatable bonds is 5. The van der Waals surface area contributed by atoms with Crippen molar-refractivity contribution in [2.75, 3.05) is 0 Å². The average Bonchev–Trinajstić information content (AvgIpc) is 2.86. The summed E-state index contributed by atoms with van der Waals surface area (Å²) in [4.78, 5) is 24.4. The van der Waals surface area contributed by atoms with Gasteiger partial charge in [0.05, 0.1) is 6.54 Å². The molecule has 0 saturated carbocycles. The van der Waals surface area contributed by atoms with E-state index in [2.05, 4.69) is 28.9 Å². The van der Waals surface area contributed by atoms with Crippen molar-refractivity contribution in [1.82, 2.24) is 9.13 Å². The van der Waals surface area contributed by atoms with Crippen molar-refractivity contribution in [3.8, 4) is 0 Å². The Kier molecular flexibility index (Phi) is 4.65. The van der Waals surface area contributed by atoms with Crippen molar-refractivity contribution in [2.45, 2.75) is 33.4 Å². The molecule has 0 N–H and O–H groups in total. The first-order chi connectivity index (χ1) is 11.6. The minimum atomic E-state index is -0.154. The van der Waals surface area contributed by atoms with Crippen molar-refractivity contribution in [3.63, 3.8) is 0 Å². The maximum Gasteiger partial charge on any atom is 0.250 e. The Hall–Kier alpha value is -2.62. The van der Waals surface area contributed by atoms with Gasteiger partial charge in [0.2, 0.25) is 0 Å². The molecule has 2 aromatic rings. The number of hydrogen-bond acceptors (Lipinski definition) is 2. The zero-order valence-corrected chi connectivity index (χ0v) is 14.1. The summed E-state index contributed by atoms with van der Waals surface area (Å²) in [5, 5.41) is 0. The van der Waals surface area contributed by atoms with Crippen LogP contribution in [-0.2, 0) is 13.1 Å². The Morgan fingerprint density at radius 1 is 1.25 bits per heavy atom. The largest absolute Gasteiger partial charge is 0.348 e. The van der Waals surface area contributed by atoms with Crippen LogP contribution in [0.3, 0.4) is 0 Å². The third-order valence-electron chi connectivity index (χ3n) is 4.57. The van der Waals surface area contributed by atoms with E-state index in [1.165, 1.54) is 10.6 Å². The Balaban J connectivity index is 1.81. The topological polar surface area (TPSA) is 44.0 Å². The molecule has 1 unspecified atom stereocenters. The quantitative estimate of drug-likeness (QED) is 0.793. The van der Waals surface area contributed by atoms with Crippen molar-refractivity contribution >= 4 is 5.78 Å². The molecule has 4 nitrogen and oxygen atoms in total. The summed E-state index contributed by atoms with van der Waals surface area (Å²) in [6.45, 7) is 4.96. The molecule has 0 amide bonds. The maximum atomic E-state index is 12.6. The maximum absolute atomic E-state index is 12.6. The molecule has 1 aliphatic rings. The summed E-state index contributed by atoms with van der Waals surface area (Å²) in [5.41, 5.74) is 2.61. The van der Waals surface area contributed by atoms with Crippen LogP contribution in [0.2, 0.25) is 0 Å². The lowest BCUT2D eigenvalue weighted by molar-refractivity contribution is 0.0970. The van der Waals surface area contributed by atoms with Gasteiger partial charge < -0.3 is 9.13 Å². The molecule has 2 heterocycles. The van der Waals surface area contributed by atoms with Crippen LogP contribution in [0.1, 0.15) is 28.2 Å². The number of Topliss-reactive ketones (excluding diaryl/α,β-unsaturated/α-hetero) is 1. The predicted molar refractivity (Wildman–Crippen MR) is 95.3 cm³/mol. The Bertz CT molecular complexity index is 868. The van der Waals surface area contributed by atoms with E-state index in [1.807, 2.05) is 19.9 Å². The van der Waals surface area contributed by atoms with E-state index in [0.29, 0.717) is 11.5 Å². The lowest BCUT2D eigenvalue weighted by Gasteiger charge is -2.17. The summed E-state index contributed by atoms with van der Waals surface area (Å²) in [5.74, 6) is 0.432. The first kappa shape index (κ1) is 16.2. The fourth-order valence-corrected chi connectivity index (χ4v) is 3.20. The molecular weight excluding hydrogens is 300 g/mol. The molecule has 0 fully saturated rings.